The largest absolute Gasteiger partial charge is 0.494 e. The minimum Gasteiger partial charge on any atom is -0.494 e. The van der Waals surface area contributed by atoms with Crippen molar-refractivity contribution in [1.82, 2.24) is 0 Å². The number of carbonyl (C=O) groups is 2. The highest BCUT2D eigenvalue weighted by molar-refractivity contribution is 6.35. The SMILES string of the molecule is CCOc1ccc(C(=O)C=Nc2ccc(C(=O)O)cc2)cc1. The van der Waals surface area contributed by atoms with E-state index in [1.165, 1.54) is 18.3 Å². The first-order valence-corrected chi connectivity index (χ1v) is 6.74. The Labute approximate surface area is 127 Å². The zero-order valence-electron chi connectivity index (χ0n) is 12.0. The average molecular weight is 297 g/mol. The highest BCUT2D eigenvalue weighted by Crippen LogP contribution is 2.14. The predicted octanol–water partition coefficient (Wildman–Crippen LogP) is 3.37. The van der Waals surface area contributed by atoms with Crippen LogP contribution in [0.4, 0.5) is 5.69 Å². The molecule has 2 aromatic rings. The topological polar surface area (TPSA) is 76.0 Å². The number of aliphatic imine (C=N–C) groups is 1. The molecule has 2 aromatic carbocycles. The summed E-state index contributed by atoms with van der Waals surface area (Å²) in [5.41, 5.74) is 1.20. The number of ether oxygens (including phenoxy) is 1. The maximum atomic E-state index is 12.0. The molecule has 0 unspecified atom stereocenters. The first kappa shape index (κ1) is 15.4. The Morgan fingerprint density at radius 2 is 1.64 bits per heavy atom. The zero-order chi connectivity index (χ0) is 15.9. The predicted molar refractivity (Wildman–Crippen MR) is 83.5 cm³/mol. The third kappa shape index (κ3) is 4.02. The zero-order valence-corrected chi connectivity index (χ0v) is 12.0. The van der Waals surface area contributed by atoms with Gasteiger partial charge in [-0.15, -0.1) is 0 Å². The van der Waals surface area contributed by atoms with Gasteiger partial charge in [-0.2, -0.15) is 0 Å². The Balaban J connectivity index is 2.05. The molecule has 5 nitrogen and oxygen atoms in total. The molecule has 0 radical (unpaired) electrons. The van der Waals surface area contributed by atoms with Gasteiger partial charge in [0.15, 0.2) is 0 Å². The molecule has 0 aromatic heterocycles. The molecule has 0 saturated heterocycles. The van der Waals surface area contributed by atoms with Crippen molar-refractivity contribution in [3.8, 4) is 5.75 Å². The van der Waals surface area contributed by atoms with Crippen LogP contribution in [0.3, 0.4) is 0 Å². The van der Waals surface area contributed by atoms with Crippen LogP contribution in [-0.2, 0) is 0 Å². The molecule has 112 valence electrons. The standard InChI is InChI=1S/C17H15NO4/c1-2-22-15-9-5-12(6-10-15)16(19)11-18-14-7-3-13(4-8-14)17(20)21/h3-11H,2H2,1H3,(H,20,21). The average Bonchev–Trinajstić information content (AvgIpc) is 2.54. The quantitative estimate of drug-likeness (QED) is 0.655. The molecule has 5 heteroatoms. The smallest absolute Gasteiger partial charge is 0.335 e. The molecule has 0 fully saturated rings. The van der Waals surface area contributed by atoms with Crippen molar-refractivity contribution < 1.29 is 19.4 Å². The van der Waals surface area contributed by atoms with Gasteiger partial charge >= 0.3 is 5.97 Å². The summed E-state index contributed by atoms with van der Waals surface area (Å²) in [6.07, 6.45) is 1.21. The molecule has 0 atom stereocenters. The minimum atomic E-state index is -0.999. The third-order valence-electron chi connectivity index (χ3n) is 2.89. The Kier molecular flexibility index (Phi) is 5.03. The van der Waals surface area contributed by atoms with Gasteiger partial charge in [-0.3, -0.25) is 9.79 Å². The van der Waals surface area contributed by atoms with Gasteiger partial charge in [-0.1, -0.05) is 0 Å². The van der Waals surface area contributed by atoms with E-state index in [9.17, 15) is 9.59 Å². The van der Waals surface area contributed by atoms with Crippen molar-refractivity contribution in [2.45, 2.75) is 6.92 Å². The fraction of sp³-hybridized carbons (Fsp3) is 0.118. The van der Waals surface area contributed by atoms with Gasteiger partial charge in [0.1, 0.15) is 5.75 Å². The summed E-state index contributed by atoms with van der Waals surface area (Å²) in [6.45, 7) is 2.46. The van der Waals surface area contributed by atoms with Gasteiger partial charge in [-0.05, 0) is 55.5 Å². The van der Waals surface area contributed by atoms with Crippen LogP contribution in [0, 0.1) is 0 Å². The fourth-order valence-corrected chi connectivity index (χ4v) is 1.78. The van der Waals surface area contributed by atoms with E-state index in [4.69, 9.17) is 9.84 Å². The molecule has 2 rings (SSSR count). The third-order valence-corrected chi connectivity index (χ3v) is 2.89. The number of ketones is 1. The van der Waals surface area contributed by atoms with E-state index in [-0.39, 0.29) is 11.3 Å². The number of carboxylic acids is 1. The fourth-order valence-electron chi connectivity index (χ4n) is 1.78. The van der Waals surface area contributed by atoms with Crippen LogP contribution in [0.15, 0.2) is 53.5 Å². The number of carboxylic acid groups (broad SMARTS) is 1. The van der Waals surface area contributed by atoms with Crippen molar-refractivity contribution in [2.75, 3.05) is 6.61 Å². The second-order valence-electron chi connectivity index (χ2n) is 4.43. The summed E-state index contributed by atoms with van der Waals surface area (Å²) in [7, 11) is 0. The van der Waals surface area contributed by atoms with Crippen LogP contribution in [-0.4, -0.2) is 29.7 Å². The Morgan fingerprint density at radius 1 is 1.05 bits per heavy atom. The summed E-state index contributed by atoms with van der Waals surface area (Å²) in [5.74, 6) is -0.522. The number of benzene rings is 2. The van der Waals surface area contributed by atoms with Crippen LogP contribution in [0.1, 0.15) is 27.6 Å². The van der Waals surface area contributed by atoms with Crippen molar-refractivity contribution in [3.05, 3.63) is 59.7 Å². The van der Waals surface area contributed by atoms with Gasteiger partial charge in [0.25, 0.3) is 0 Å². The lowest BCUT2D eigenvalue weighted by molar-refractivity contribution is 0.0696. The van der Waals surface area contributed by atoms with E-state index in [0.717, 1.165) is 0 Å². The normalized spacial score (nSPS) is 10.6. The summed E-state index contributed by atoms with van der Waals surface area (Å²) in [4.78, 5) is 26.8. The summed E-state index contributed by atoms with van der Waals surface area (Å²) in [6, 6.07) is 12.8. The number of hydrogen-bond donors (Lipinski definition) is 1. The summed E-state index contributed by atoms with van der Waals surface area (Å²) in [5, 5.41) is 8.80. The first-order valence-electron chi connectivity index (χ1n) is 6.74. The Morgan fingerprint density at radius 3 is 2.18 bits per heavy atom. The molecule has 0 spiro atoms. The van der Waals surface area contributed by atoms with E-state index < -0.39 is 5.97 Å². The van der Waals surface area contributed by atoms with E-state index in [1.54, 1.807) is 36.4 Å². The van der Waals surface area contributed by atoms with Gasteiger partial charge in [0, 0.05) is 5.56 Å². The van der Waals surface area contributed by atoms with Crippen LogP contribution < -0.4 is 4.74 Å². The molecule has 0 amide bonds. The molecule has 0 bridgehead atoms. The van der Waals surface area contributed by atoms with Gasteiger partial charge in [-0.25, -0.2) is 4.79 Å². The molecule has 0 heterocycles. The van der Waals surface area contributed by atoms with Crippen LogP contribution >= 0.6 is 0 Å². The van der Waals surface area contributed by atoms with Gasteiger partial charge in [0.2, 0.25) is 5.78 Å². The lowest BCUT2D eigenvalue weighted by Gasteiger charge is -2.02. The van der Waals surface area contributed by atoms with Crippen molar-refractivity contribution in [1.29, 1.82) is 0 Å². The number of hydrogen-bond acceptors (Lipinski definition) is 4. The molecule has 0 saturated carbocycles. The lowest BCUT2D eigenvalue weighted by Crippen LogP contribution is -2.00. The Bertz CT molecular complexity index is 688. The number of aromatic carboxylic acids is 1. The monoisotopic (exact) mass is 297 g/mol. The number of Topliss-reactive ketones (excluding diaryl/α,β-unsaturated/α-hetero) is 1. The van der Waals surface area contributed by atoms with Gasteiger partial charge in [0.05, 0.1) is 24.1 Å². The van der Waals surface area contributed by atoms with E-state index in [1.807, 2.05) is 6.92 Å². The number of rotatable bonds is 6. The van der Waals surface area contributed by atoms with Crippen molar-refractivity contribution in [3.63, 3.8) is 0 Å². The molecular formula is C17H15NO4. The minimum absolute atomic E-state index is 0.178. The molecule has 22 heavy (non-hydrogen) atoms. The van der Waals surface area contributed by atoms with E-state index in [2.05, 4.69) is 4.99 Å². The lowest BCUT2D eigenvalue weighted by atomic mass is 10.1. The van der Waals surface area contributed by atoms with Crippen molar-refractivity contribution >= 4 is 23.7 Å². The molecule has 0 aliphatic rings. The number of carbonyl (C=O) groups excluding carboxylic acids is 1. The highest BCUT2D eigenvalue weighted by atomic mass is 16.5. The van der Waals surface area contributed by atoms with E-state index in [0.29, 0.717) is 23.6 Å². The second kappa shape index (κ2) is 7.17. The summed E-state index contributed by atoms with van der Waals surface area (Å²) < 4.78 is 5.31. The molecule has 1 N–H and O–H groups in total. The molecule has 0 aliphatic heterocycles. The summed E-state index contributed by atoms with van der Waals surface area (Å²) >= 11 is 0. The van der Waals surface area contributed by atoms with E-state index >= 15 is 0 Å². The molecular weight excluding hydrogens is 282 g/mol. The van der Waals surface area contributed by atoms with Crippen LogP contribution in [0.5, 0.6) is 5.75 Å². The number of nitrogens with zero attached hydrogens (tertiary/aromatic N) is 1. The Hall–Kier alpha value is -2.95. The highest BCUT2D eigenvalue weighted by Gasteiger charge is 2.04. The first-order chi connectivity index (χ1) is 10.6. The maximum absolute atomic E-state index is 12.0. The van der Waals surface area contributed by atoms with Crippen LogP contribution in [0.25, 0.3) is 0 Å². The van der Waals surface area contributed by atoms with Crippen LogP contribution in [0.2, 0.25) is 0 Å². The second-order valence-corrected chi connectivity index (χ2v) is 4.43. The van der Waals surface area contributed by atoms with Crippen molar-refractivity contribution in [2.24, 2.45) is 4.99 Å². The maximum Gasteiger partial charge on any atom is 0.335 e. The van der Waals surface area contributed by atoms with Gasteiger partial charge < -0.3 is 9.84 Å². The molecule has 0 aliphatic carbocycles.